The van der Waals surface area contributed by atoms with E-state index < -0.39 is 8.07 Å². The Morgan fingerprint density at radius 2 is 1.80 bits per heavy atom. The second-order valence-electron chi connectivity index (χ2n) is 6.47. The van der Waals surface area contributed by atoms with Crippen molar-refractivity contribution in [1.29, 1.82) is 0 Å². The molecule has 0 N–H and O–H groups in total. The number of hydrogen-bond acceptors (Lipinski definition) is 0. The van der Waals surface area contributed by atoms with Crippen molar-refractivity contribution in [1.82, 2.24) is 0 Å². The molecule has 1 aromatic carbocycles. The lowest BCUT2D eigenvalue weighted by Crippen LogP contribution is -2.47. The molecule has 20 heavy (non-hydrogen) atoms. The molecule has 1 aromatic rings. The van der Waals surface area contributed by atoms with E-state index in [4.69, 9.17) is 0 Å². The van der Waals surface area contributed by atoms with E-state index in [1.54, 1.807) is 16.0 Å². The van der Waals surface area contributed by atoms with Crippen molar-refractivity contribution in [2.24, 2.45) is 5.92 Å². The van der Waals surface area contributed by atoms with Crippen molar-refractivity contribution >= 4 is 13.3 Å². The van der Waals surface area contributed by atoms with Gasteiger partial charge in [0, 0.05) is 0 Å². The molecule has 0 spiro atoms. The van der Waals surface area contributed by atoms with Gasteiger partial charge in [0.2, 0.25) is 0 Å². The highest BCUT2D eigenvalue weighted by atomic mass is 28.3. The molecule has 0 saturated carbocycles. The Bertz CT molecular complexity index is 496. The molecule has 0 saturated heterocycles. The molecule has 1 heteroatoms. The van der Waals surface area contributed by atoms with Crippen molar-refractivity contribution in [3.05, 3.63) is 53.3 Å². The Balaban J connectivity index is 2.41. The lowest BCUT2D eigenvalue weighted by molar-refractivity contribution is 0.786. The zero-order chi connectivity index (χ0) is 14.6. The first-order chi connectivity index (χ1) is 9.59. The molecule has 0 amide bonds. The fourth-order valence-corrected chi connectivity index (χ4v) is 7.85. The minimum absolute atomic E-state index is 0.654. The Hall–Kier alpha value is -1.08. The average molecular weight is 285 g/mol. The number of hydrogen-bond donors (Lipinski definition) is 0. The van der Waals surface area contributed by atoms with Crippen LogP contribution in [0, 0.1) is 5.92 Å². The third-order valence-corrected chi connectivity index (χ3v) is 9.27. The Kier molecular flexibility index (Phi) is 5.04. The molecule has 0 heterocycles. The average Bonchev–Trinajstić information content (AvgIpc) is 2.96. The van der Waals surface area contributed by atoms with E-state index in [-0.39, 0.29) is 0 Å². The number of allylic oxidation sites excluding steroid dienone is 4. The van der Waals surface area contributed by atoms with Gasteiger partial charge >= 0.3 is 0 Å². The molecule has 1 aliphatic carbocycles. The van der Waals surface area contributed by atoms with E-state index in [1.807, 2.05) is 0 Å². The van der Waals surface area contributed by atoms with Crippen LogP contribution in [0.1, 0.15) is 40.0 Å². The predicted octanol–water partition coefficient (Wildman–Crippen LogP) is 5.22. The second-order valence-corrected chi connectivity index (χ2v) is 10.7. The summed E-state index contributed by atoms with van der Waals surface area (Å²) in [7, 11) is -1.55. The van der Waals surface area contributed by atoms with Crippen molar-refractivity contribution in [3.8, 4) is 0 Å². The summed E-state index contributed by atoms with van der Waals surface area (Å²) in [6, 6.07) is 12.7. The van der Waals surface area contributed by atoms with Crippen LogP contribution in [0.4, 0.5) is 0 Å². The zero-order valence-corrected chi connectivity index (χ0v) is 14.4. The third kappa shape index (κ3) is 2.98. The molecule has 0 aromatic heterocycles. The van der Waals surface area contributed by atoms with E-state index in [0.717, 1.165) is 6.42 Å². The van der Waals surface area contributed by atoms with Crippen LogP contribution in [-0.4, -0.2) is 8.07 Å². The monoisotopic (exact) mass is 284 g/mol. The molecule has 0 nitrogen and oxygen atoms in total. The van der Waals surface area contributed by atoms with Gasteiger partial charge in [-0.25, -0.2) is 0 Å². The lowest BCUT2D eigenvalue weighted by Gasteiger charge is -2.32. The maximum Gasteiger partial charge on any atom is 0.115 e. The summed E-state index contributed by atoms with van der Waals surface area (Å²) in [5, 5.41) is 3.32. The summed E-state index contributed by atoms with van der Waals surface area (Å²) < 4.78 is 0. The van der Waals surface area contributed by atoms with Gasteiger partial charge in [0.25, 0.3) is 0 Å². The van der Waals surface area contributed by atoms with E-state index >= 15 is 0 Å². The van der Waals surface area contributed by atoms with Crippen LogP contribution in [0.15, 0.2) is 53.3 Å². The molecule has 0 bridgehead atoms. The molecule has 1 aliphatic rings. The first-order valence-corrected chi connectivity index (χ1v) is 10.8. The van der Waals surface area contributed by atoms with Crippen LogP contribution in [0.2, 0.25) is 12.6 Å². The lowest BCUT2D eigenvalue weighted by atomic mass is 10.1. The molecule has 0 radical (unpaired) electrons. The van der Waals surface area contributed by atoms with Crippen LogP contribution in [-0.2, 0) is 0 Å². The van der Waals surface area contributed by atoms with Crippen LogP contribution in [0.3, 0.4) is 0 Å². The van der Waals surface area contributed by atoms with Crippen molar-refractivity contribution < 1.29 is 0 Å². The van der Waals surface area contributed by atoms with Gasteiger partial charge in [-0.2, -0.15) is 0 Å². The number of rotatable bonds is 6. The minimum Gasteiger partial charge on any atom is -0.0808 e. The summed E-state index contributed by atoms with van der Waals surface area (Å²) >= 11 is 0. The largest absolute Gasteiger partial charge is 0.115 e. The first-order valence-electron chi connectivity index (χ1n) is 8.06. The van der Waals surface area contributed by atoms with Gasteiger partial charge in [0.15, 0.2) is 0 Å². The number of unbranched alkanes of at least 4 members (excludes halogenated alkanes) is 1. The van der Waals surface area contributed by atoms with Gasteiger partial charge in [0.1, 0.15) is 8.07 Å². The smallest absolute Gasteiger partial charge is 0.0808 e. The van der Waals surface area contributed by atoms with Gasteiger partial charge < -0.3 is 0 Å². The zero-order valence-electron chi connectivity index (χ0n) is 13.4. The molecule has 1 atom stereocenters. The molecule has 1 unspecified atom stereocenters. The van der Waals surface area contributed by atoms with Gasteiger partial charge in [-0.15, -0.1) is 0 Å². The highest BCUT2D eigenvalue weighted by Gasteiger charge is 2.36. The van der Waals surface area contributed by atoms with Crippen molar-refractivity contribution in [2.45, 2.75) is 52.6 Å². The summed E-state index contributed by atoms with van der Waals surface area (Å²) in [5.41, 5.74) is 1.62. The molecule has 0 fully saturated rings. The van der Waals surface area contributed by atoms with Gasteiger partial charge in [-0.1, -0.05) is 93.0 Å². The molecular formula is C19H28Si. The summed E-state index contributed by atoms with van der Waals surface area (Å²) in [6.07, 6.45) is 8.76. The van der Waals surface area contributed by atoms with Crippen molar-refractivity contribution in [3.63, 3.8) is 0 Å². The van der Waals surface area contributed by atoms with E-state index in [2.05, 4.69) is 69.8 Å². The van der Waals surface area contributed by atoms with Gasteiger partial charge in [-0.3, -0.25) is 0 Å². The van der Waals surface area contributed by atoms with Gasteiger partial charge in [0.05, 0.1) is 0 Å². The SMILES string of the molecule is CCCC[Si](C)(C1=CCC=C1C(C)C)c1ccccc1. The maximum absolute atomic E-state index is 2.57. The highest BCUT2D eigenvalue weighted by Crippen LogP contribution is 2.35. The summed E-state index contributed by atoms with van der Waals surface area (Å²) in [4.78, 5) is 0. The van der Waals surface area contributed by atoms with E-state index in [0.29, 0.717) is 5.92 Å². The Morgan fingerprint density at radius 1 is 1.10 bits per heavy atom. The Labute approximate surface area is 125 Å². The molecule has 2 rings (SSSR count). The molecular weight excluding hydrogens is 256 g/mol. The molecule has 0 aliphatic heterocycles. The van der Waals surface area contributed by atoms with Crippen LogP contribution < -0.4 is 5.19 Å². The van der Waals surface area contributed by atoms with Crippen LogP contribution in [0.5, 0.6) is 0 Å². The quantitative estimate of drug-likeness (QED) is 0.628. The highest BCUT2D eigenvalue weighted by molar-refractivity contribution is 6.97. The first kappa shape index (κ1) is 15.3. The maximum atomic E-state index is 2.57. The third-order valence-electron chi connectivity index (χ3n) is 4.63. The van der Waals surface area contributed by atoms with Gasteiger partial charge in [-0.05, 0) is 24.0 Å². The van der Waals surface area contributed by atoms with E-state index in [9.17, 15) is 0 Å². The fraction of sp³-hybridized carbons (Fsp3) is 0.474. The normalized spacial score (nSPS) is 17.9. The van der Waals surface area contributed by atoms with Crippen molar-refractivity contribution in [2.75, 3.05) is 0 Å². The number of benzene rings is 1. The summed E-state index contributed by atoms with van der Waals surface area (Å²) in [5.74, 6) is 0.654. The predicted molar refractivity (Wildman–Crippen MR) is 93.0 cm³/mol. The molecule has 108 valence electrons. The van der Waals surface area contributed by atoms with Crippen LogP contribution in [0.25, 0.3) is 0 Å². The standard InChI is InChI=1S/C19H28Si/c1-5-6-15-20(4,17-11-8-7-9-12-17)19-14-10-13-18(19)16(2)3/h7-9,11-14,16H,5-6,10,15H2,1-4H3. The fourth-order valence-electron chi connectivity index (χ4n) is 3.39. The topological polar surface area (TPSA) is 0 Å². The minimum atomic E-state index is -1.55. The van der Waals surface area contributed by atoms with Crippen LogP contribution >= 0.6 is 0 Å². The summed E-state index contributed by atoms with van der Waals surface area (Å²) in [6.45, 7) is 9.56. The van der Waals surface area contributed by atoms with E-state index in [1.165, 1.54) is 18.9 Å². The second kappa shape index (κ2) is 6.58. The Morgan fingerprint density at radius 3 is 2.40 bits per heavy atom.